The number of aromatic hydroxyl groups is 2. The number of rotatable bonds is 4. The van der Waals surface area contributed by atoms with Gasteiger partial charge in [0.1, 0.15) is 5.75 Å². The van der Waals surface area contributed by atoms with Crippen LogP contribution in [0.4, 0.5) is 5.69 Å². The molecule has 0 bridgehead atoms. The average Bonchev–Trinajstić information content (AvgIpc) is 2.87. The predicted octanol–water partition coefficient (Wildman–Crippen LogP) is 4.58. The highest BCUT2D eigenvalue weighted by atomic mass is 79.9. The van der Waals surface area contributed by atoms with Crippen molar-refractivity contribution in [2.45, 2.75) is 12.8 Å². The SMILES string of the molecule is O=C(CCc1ccccc1O)N=Nc1c(O)[nH]c2ccc(Br)cc12. The van der Waals surface area contributed by atoms with E-state index in [4.69, 9.17) is 0 Å². The van der Waals surface area contributed by atoms with Crippen LogP contribution < -0.4 is 0 Å². The fraction of sp³-hybridized carbons (Fsp3) is 0.118. The number of amides is 1. The van der Waals surface area contributed by atoms with Crippen LogP contribution in [0.3, 0.4) is 0 Å². The zero-order chi connectivity index (χ0) is 17.1. The molecule has 1 heterocycles. The Bertz CT molecular complexity index is 934. The first-order valence-corrected chi connectivity index (χ1v) is 8.05. The second-order valence-electron chi connectivity index (χ2n) is 5.23. The molecule has 0 fully saturated rings. The largest absolute Gasteiger partial charge is 0.508 e. The molecule has 0 aliphatic carbocycles. The minimum atomic E-state index is -0.429. The molecule has 7 heteroatoms. The second-order valence-corrected chi connectivity index (χ2v) is 6.15. The number of nitrogens with one attached hydrogen (secondary N) is 1. The van der Waals surface area contributed by atoms with Crippen LogP contribution in [0.5, 0.6) is 11.6 Å². The van der Waals surface area contributed by atoms with Crippen LogP contribution >= 0.6 is 15.9 Å². The summed E-state index contributed by atoms with van der Waals surface area (Å²) in [7, 11) is 0. The highest BCUT2D eigenvalue weighted by Gasteiger charge is 2.11. The number of benzene rings is 2. The van der Waals surface area contributed by atoms with Gasteiger partial charge in [0.05, 0.1) is 5.52 Å². The second kappa shape index (κ2) is 6.84. The number of halogens is 1. The van der Waals surface area contributed by atoms with E-state index in [0.29, 0.717) is 22.9 Å². The number of aromatic nitrogens is 1. The highest BCUT2D eigenvalue weighted by molar-refractivity contribution is 9.10. The van der Waals surface area contributed by atoms with E-state index < -0.39 is 5.91 Å². The molecule has 2 aromatic carbocycles. The van der Waals surface area contributed by atoms with Gasteiger partial charge in [-0.1, -0.05) is 34.1 Å². The van der Waals surface area contributed by atoms with Gasteiger partial charge in [-0.2, -0.15) is 0 Å². The minimum Gasteiger partial charge on any atom is -0.508 e. The molecule has 1 amide bonds. The Hall–Kier alpha value is -2.67. The quantitative estimate of drug-likeness (QED) is 0.571. The third-order valence-corrected chi connectivity index (χ3v) is 4.07. The van der Waals surface area contributed by atoms with Gasteiger partial charge in [0.25, 0.3) is 5.91 Å². The molecule has 24 heavy (non-hydrogen) atoms. The van der Waals surface area contributed by atoms with Gasteiger partial charge in [-0.15, -0.1) is 10.2 Å². The first-order chi connectivity index (χ1) is 11.5. The fourth-order valence-corrected chi connectivity index (χ4v) is 2.72. The first kappa shape index (κ1) is 16.2. The maximum atomic E-state index is 11.9. The molecule has 1 aromatic heterocycles. The molecule has 0 aliphatic heterocycles. The lowest BCUT2D eigenvalue weighted by molar-refractivity contribution is -0.118. The normalized spacial score (nSPS) is 11.4. The molecule has 0 saturated carbocycles. The van der Waals surface area contributed by atoms with Crippen molar-refractivity contribution in [2.75, 3.05) is 0 Å². The fourth-order valence-electron chi connectivity index (χ4n) is 2.36. The van der Waals surface area contributed by atoms with Gasteiger partial charge in [0, 0.05) is 16.3 Å². The molecular formula is C17H14BrN3O3. The lowest BCUT2D eigenvalue weighted by Gasteiger charge is -2.01. The zero-order valence-corrected chi connectivity index (χ0v) is 14.1. The van der Waals surface area contributed by atoms with Crippen molar-refractivity contribution in [3.63, 3.8) is 0 Å². The summed E-state index contributed by atoms with van der Waals surface area (Å²) >= 11 is 3.35. The van der Waals surface area contributed by atoms with Crippen LogP contribution in [-0.4, -0.2) is 21.1 Å². The Balaban J connectivity index is 1.74. The number of aryl methyl sites for hydroxylation is 1. The van der Waals surface area contributed by atoms with Crippen LogP contribution in [0.1, 0.15) is 12.0 Å². The summed E-state index contributed by atoms with van der Waals surface area (Å²) in [6, 6.07) is 12.2. The molecule has 0 radical (unpaired) electrons. The van der Waals surface area contributed by atoms with Gasteiger partial charge < -0.3 is 15.2 Å². The summed E-state index contributed by atoms with van der Waals surface area (Å²) in [5.41, 5.74) is 1.61. The van der Waals surface area contributed by atoms with Crippen molar-refractivity contribution >= 4 is 38.4 Å². The van der Waals surface area contributed by atoms with Crippen LogP contribution in [0.25, 0.3) is 10.9 Å². The van der Waals surface area contributed by atoms with Gasteiger partial charge in [-0.25, -0.2) is 0 Å². The summed E-state index contributed by atoms with van der Waals surface area (Å²) in [6.07, 6.45) is 0.490. The molecule has 122 valence electrons. The predicted molar refractivity (Wildman–Crippen MR) is 93.6 cm³/mol. The molecule has 3 rings (SSSR count). The maximum Gasteiger partial charge on any atom is 0.265 e. The van der Waals surface area contributed by atoms with E-state index in [1.807, 2.05) is 6.07 Å². The lowest BCUT2D eigenvalue weighted by Crippen LogP contribution is -1.95. The van der Waals surface area contributed by atoms with Crippen molar-refractivity contribution in [3.8, 4) is 11.6 Å². The summed E-state index contributed by atoms with van der Waals surface area (Å²) in [5, 5.41) is 27.8. The molecule has 6 nitrogen and oxygen atoms in total. The monoisotopic (exact) mass is 387 g/mol. The first-order valence-electron chi connectivity index (χ1n) is 7.26. The highest BCUT2D eigenvalue weighted by Crippen LogP contribution is 2.36. The van der Waals surface area contributed by atoms with Gasteiger partial charge >= 0.3 is 0 Å². The summed E-state index contributed by atoms with van der Waals surface area (Å²) in [6.45, 7) is 0. The summed E-state index contributed by atoms with van der Waals surface area (Å²) < 4.78 is 0.830. The molecule has 0 spiro atoms. The average molecular weight is 388 g/mol. The Morgan fingerprint density at radius 3 is 2.75 bits per heavy atom. The number of nitrogens with zero attached hydrogens (tertiary/aromatic N) is 2. The Kier molecular flexibility index (Phi) is 4.61. The van der Waals surface area contributed by atoms with Crippen LogP contribution in [0.2, 0.25) is 0 Å². The minimum absolute atomic E-state index is 0.119. The zero-order valence-electron chi connectivity index (χ0n) is 12.5. The topological polar surface area (TPSA) is 98.0 Å². The maximum absolute atomic E-state index is 11.9. The molecule has 0 atom stereocenters. The Labute approximate surface area is 146 Å². The molecular weight excluding hydrogens is 374 g/mol. The van der Waals surface area contributed by atoms with Gasteiger partial charge in [-0.05, 0) is 36.2 Å². The van der Waals surface area contributed by atoms with E-state index in [2.05, 4.69) is 31.1 Å². The Morgan fingerprint density at radius 2 is 1.96 bits per heavy atom. The smallest absolute Gasteiger partial charge is 0.265 e. The Morgan fingerprint density at radius 1 is 1.17 bits per heavy atom. The van der Waals surface area contributed by atoms with E-state index >= 15 is 0 Å². The number of aromatic amines is 1. The molecule has 3 N–H and O–H groups in total. The molecule has 0 saturated heterocycles. The van der Waals surface area contributed by atoms with Crippen molar-refractivity contribution in [2.24, 2.45) is 10.2 Å². The molecule has 0 aliphatic rings. The van der Waals surface area contributed by atoms with E-state index in [1.54, 1.807) is 36.4 Å². The van der Waals surface area contributed by atoms with Crippen LogP contribution in [-0.2, 0) is 11.2 Å². The number of azo groups is 1. The number of fused-ring (bicyclic) bond motifs is 1. The number of H-pyrrole nitrogens is 1. The van der Waals surface area contributed by atoms with Gasteiger partial charge in [-0.3, -0.25) is 4.79 Å². The summed E-state index contributed by atoms with van der Waals surface area (Å²) in [4.78, 5) is 14.7. The standard InChI is InChI=1S/C17H14BrN3O3/c18-11-6-7-13-12(9-11)16(17(24)19-13)21-20-15(23)8-5-10-3-1-2-4-14(10)22/h1-4,6-7,9,19,22,24H,5,8H2. The molecule has 0 unspecified atom stereocenters. The molecule has 3 aromatic rings. The van der Waals surface area contributed by atoms with Gasteiger partial charge in [0.2, 0.25) is 5.88 Å². The number of hydrogen-bond acceptors (Lipinski definition) is 4. The number of para-hydroxylation sites is 1. The summed E-state index contributed by atoms with van der Waals surface area (Å²) in [5.74, 6) is -0.413. The van der Waals surface area contributed by atoms with E-state index in [0.717, 1.165) is 4.47 Å². The van der Waals surface area contributed by atoms with Crippen LogP contribution in [0.15, 0.2) is 57.2 Å². The van der Waals surface area contributed by atoms with E-state index in [1.165, 1.54) is 0 Å². The van der Waals surface area contributed by atoms with E-state index in [9.17, 15) is 15.0 Å². The van der Waals surface area contributed by atoms with Crippen LogP contribution in [0, 0.1) is 0 Å². The number of carbonyl (C=O) groups excluding carboxylic acids is 1. The number of phenols is 1. The number of hydrogen-bond donors (Lipinski definition) is 3. The van der Waals surface area contributed by atoms with Crippen molar-refractivity contribution < 1.29 is 15.0 Å². The van der Waals surface area contributed by atoms with Gasteiger partial charge in [0.15, 0.2) is 5.69 Å². The third kappa shape index (κ3) is 3.46. The van der Waals surface area contributed by atoms with Crippen molar-refractivity contribution in [1.82, 2.24) is 4.98 Å². The lowest BCUT2D eigenvalue weighted by atomic mass is 10.1. The van der Waals surface area contributed by atoms with E-state index in [-0.39, 0.29) is 23.7 Å². The van der Waals surface area contributed by atoms with Crippen molar-refractivity contribution in [3.05, 3.63) is 52.5 Å². The number of carbonyl (C=O) groups is 1. The third-order valence-electron chi connectivity index (χ3n) is 3.58. The number of phenolic OH excluding ortho intramolecular Hbond substituents is 1. The van der Waals surface area contributed by atoms with Crippen molar-refractivity contribution in [1.29, 1.82) is 0 Å².